The smallest absolute Gasteiger partial charge is 0.320 e. The van der Waals surface area contributed by atoms with E-state index in [4.69, 9.17) is 0 Å². The van der Waals surface area contributed by atoms with Gasteiger partial charge in [-0.3, -0.25) is 4.79 Å². The lowest BCUT2D eigenvalue weighted by molar-refractivity contribution is -0.139. The summed E-state index contributed by atoms with van der Waals surface area (Å²) in [5, 5.41) is 0. The van der Waals surface area contributed by atoms with Crippen molar-refractivity contribution in [3.05, 3.63) is 0 Å². The van der Waals surface area contributed by atoms with Crippen molar-refractivity contribution < 1.29 is 9.53 Å². The Labute approximate surface area is 47.6 Å². The summed E-state index contributed by atoms with van der Waals surface area (Å²) in [5.74, 6) is -0.338. The summed E-state index contributed by atoms with van der Waals surface area (Å²) in [7, 11) is 1.31. The summed E-state index contributed by atoms with van der Waals surface area (Å²) in [6, 6.07) is 0. The molecule has 0 unspecified atom stereocenters. The lowest BCUT2D eigenvalue weighted by Crippen LogP contribution is -2.15. The highest BCUT2D eigenvalue weighted by molar-refractivity contribution is 7.78. The summed E-state index contributed by atoms with van der Waals surface area (Å²) < 4.78 is 6.45. The van der Waals surface area contributed by atoms with Crippen molar-refractivity contribution in [3.8, 4) is 0 Å². The van der Waals surface area contributed by atoms with Crippen LogP contribution in [0.5, 0.6) is 0 Å². The van der Waals surface area contributed by atoms with Crippen molar-refractivity contribution in [2.24, 2.45) is 0 Å². The van der Waals surface area contributed by atoms with E-state index < -0.39 is 0 Å². The highest BCUT2D eigenvalue weighted by Crippen LogP contribution is 1.68. The van der Waals surface area contributed by atoms with E-state index in [1.54, 1.807) is 0 Å². The van der Waals surface area contributed by atoms with Gasteiger partial charge in [-0.25, -0.2) is 4.72 Å². The fourth-order valence-electron chi connectivity index (χ4n) is 0.131. The first-order valence-corrected chi connectivity index (χ1v) is 2.14. The number of carbonyl (C=O) groups excluding carboxylic acids is 1. The van der Waals surface area contributed by atoms with Crippen LogP contribution in [0.1, 0.15) is 0 Å². The lowest BCUT2D eigenvalue weighted by atomic mass is 10.7. The van der Waals surface area contributed by atoms with Gasteiger partial charge in [0, 0.05) is 12.8 Å². The van der Waals surface area contributed by atoms with Crippen LogP contribution in [0, 0.1) is 0 Å². The van der Waals surface area contributed by atoms with Crippen LogP contribution in [0.2, 0.25) is 0 Å². The standard InChI is InChI=1S/C3H6NO2S/c1-6-3(5)2-4-7/h4H,2H2,1H3. The third kappa shape index (κ3) is 3.61. The molecule has 4 heteroatoms. The molecule has 0 amide bonds. The van der Waals surface area contributed by atoms with Gasteiger partial charge in [0.05, 0.1) is 7.11 Å². The summed E-state index contributed by atoms with van der Waals surface area (Å²) in [6.45, 7) is 0.103. The van der Waals surface area contributed by atoms with Crippen molar-refractivity contribution in [1.82, 2.24) is 4.72 Å². The Bertz CT molecular complexity index is 66.0. The average molecular weight is 120 g/mol. The molecule has 0 aromatic rings. The first-order valence-electron chi connectivity index (χ1n) is 1.73. The van der Waals surface area contributed by atoms with Crippen molar-refractivity contribution in [2.75, 3.05) is 13.7 Å². The van der Waals surface area contributed by atoms with E-state index in [-0.39, 0.29) is 12.5 Å². The van der Waals surface area contributed by atoms with Gasteiger partial charge < -0.3 is 4.74 Å². The van der Waals surface area contributed by atoms with Gasteiger partial charge in [0.25, 0.3) is 0 Å². The van der Waals surface area contributed by atoms with E-state index >= 15 is 0 Å². The topological polar surface area (TPSA) is 38.3 Å². The van der Waals surface area contributed by atoms with Crippen LogP contribution in [-0.4, -0.2) is 19.6 Å². The van der Waals surface area contributed by atoms with Gasteiger partial charge in [0.2, 0.25) is 0 Å². The molecular weight excluding hydrogens is 114 g/mol. The second-order valence-electron chi connectivity index (χ2n) is 0.897. The Morgan fingerprint density at radius 2 is 2.57 bits per heavy atom. The number of hydrogen-bond acceptors (Lipinski definition) is 3. The molecule has 0 aromatic carbocycles. The van der Waals surface area contributed by atoms with Gasteiger partial charge in [0.15, 0.2) is 0 Å². The van der Waals surface area contributed by atoms with Gasteiger partial charge in [-0.1, -0.05) is 0 Å². The third-order valence-electron chi connectivity index (χ3n) is 0.444. The van der Waals surface area contributed by atoms with Crippen molar-refractivity contribution in [1.29, 1.82) is 0 Å². The number of rotatable bonds is 2. The summed E-state index contributed by atoms with van der Waals surface area (Å²) in [5.41, 5.74) is 0. The molecule has 0 rings (SSSR count). The Balaban J connectivity index is 3.00. The Hall–Kier alpha value is -0.220. The van der Waals surface area contributed by atoms with E-state index in [1.807, 2.05) is 0 Å². The van der Waals surface area contributed by atoms with Crippen LogP contribution in [0.4, 0.5) is 0 Å². The molecule has 0 aromatic heterocycles. The largest absolute Gasteiger partial charge is 0.468 e. The summed E-state index contributed by atoms with van der Waals surface area (Å²) in [4.78, 5) is 10.1. The van der Waals surface area contributed by atoms with Crippen molar-refractivity contribution in [2.45, 2.75) is 0 Å². The number of carbonyl (C=O) groups is 1. The third-order valence-corrected chi connectivity index (χ3v) is 0.589. The zero-order chi connectivity index (χ0) is 5.70. The van der Waals surface area contributed by atoms with Gasteiger partial charge >= 0.3 is 5.97 Å². The monoisotopic (exact) mass is 120 g/mol. The maximum absolute atomic E-state index is 10.1. The SMILES string of the molecule is COC(=O)CN[S]. The molecule has 1 radical (unpaired) electrons. The number of methoxy groups -OCH3 is 1. The molecule has 1 N–H and O–H groups in total. The van der Waals surface area contributed by atoms with Crippen LogP contribution in [-0.2, 0) is 9.53 Å². The van der Waals surface area contributed by atoms with E-state index in [0.29, 0.717) is 0 Å². The molecule has 0 heterocycles. The molecule has 0 saturated heterocycles. The first-order chi connectivity index (χ1) is 3.31. The number of ether oxygens (including phenoxy) is 1. The zero-order valence-corrected chi connectivity index (χ0v) is 4.75. The second kappa shape index (κ2) is 3.95. The minimum atomic E-state index is -0.338. The van der Waals surface area contributed by atoms with Gasteiger partial charge in [0.1, 0.15) is 6.54 Å². The van der Waals surface area contributed by atoms with Gasteiger partial charge in [-0.15, -0.1) is 0 Å². The predicted molar refractivity (Wildman–Crippen MR) is 27.6 cm³/mol. The Morgan fingerprint density at radius 3 is 2.71 bits per heavy atom. The van der Waals surface area contributed by atoms with Gasteiger partial charge in [-0.2, -0.15) is 0 Å². The van der Waals surface area contributed by atoms with Crippen LogP contribution < -0.4 is 4.72 Å². The molecule has 0 fully saturated rings. The average Bonchev–Trinajstić information content (AvgIpc) is 1.68. The molecule has 0 aliphatic heterocycles. The van der Waals surface area contributed by atoms with Crippen LogP contribution in [0.15, 0.2) is 0 Å². The quantitative estimate of drug-likeness (QED) is 0.515. The van der Waals surface area contributed by atoms with E-state index in [1.165, 1.54) is 7.11 Å². The fourth-order valence-corrected chi connectivity index (χ4v) is 0.249. The van der Waals surface area contributed by atoms with E-state index in [0.717, 1.165) is 0 Å². The second-order valence-corrected chi connectivity index (χ2v) is 1.19. The minimum Gasteiger partial charge on any atom is -0.468 e. The predicted octanol–water partition coefficient (Wildman–Crippen LogP) is -0.139. The van der Waals surface area contributed by atoms with Crippen molar-refractivity contribution >= 4 is 18.8 Å². The maximum Gasteiger partial charge on any atom is 0.320 e. The zero-order valence-electron chi connectivity index (χ0n) is 3.93. The Morgan fingerprint density at radius 1 is 2.00 bits per heavy atom. The molecule has 7 heavy (non-hydrogen) atoms. The van der Waals surface area contributed by atoms with Gasteiger partial charge in [-0.05, 0) is 0 Å². The minimum absolute atomic E-state index is 0.103. The molecule has 0 spiro atoms. The molecule has 0 aliphatic rings. The highest BCUT2D eigenvalue weighted by atomic mass is 32.1. The lowest BCUT2D eigenvalue weighted by Gasteiger charge is -1.91. The normalized spacial score (nSPS) is 8.29. The van der Waals surface area contributed by atoms with Crippen LogP contribution in [0.3, 0.4) is 0 Å². The molecule has 0 bridgehead atoms. The molecule has 0 aliphatic carbocycles. The number of esters is 1. The molecular formula is C3H6NO2S. The van der Waals surface area contributed by atoms with Crippen LogP contribution in [0.25, 0.3) is 0 Å². The van der Waals surface area contributed by atoms with Crippen LogP contribution >= 0.6 is 12.8 Å². The number of hydrogen-bond donors (Lipinski definition) is 1. The molecule has 0 atom stereocenters. The fraction of sp³-hybridized carbons (Fsp3) is 0.667. The maximum atomic E-state index is 10.1. The Kier molecular flexibility index (Phi) is 3.83. The molecule has 41 valence electrons. The highest BCUT2D eigenvalue weighted by Gasteiger charge is 1.92. The number of nitrogens with one attached hydrogen (secondary N) is 1. The summed E-state index contributed by atoms with van der Waals surface area (Å²) in [6.07, 6.45) is 0. The van der Waals surface area contributed by atoms with E-state index in [2.05, 4.69) is 22.3 Å². The first kappa shape index (κ1) is 6.78. The van der Waals surface area contributed by atoms with E-state index in [9.17, 15) is 4.79 Å². The molecule has 3 nitrogen and oxygen atoms in total. The summed E-state index contributed by atoms with van der Waals surface area (Å²) >= 11 is 4.24. The van der Waals surface area contributed by atoms with Crippen molar-refractivity contribution in [3.63, 3.8) is 0 Å². The molecule has 0 saturated carbocycles.